The number of aryl methyl sites for hydroxylation is 1. The number of non-ortho nitro benzene ring substituents is 1. The van der Waals surface area contributed by atoms with E-state index in [0.29, 0.717) is 22.3 Å². The molecule has 32 heteroatoms. The summed E-state index contributed by atoms with van der Waals surface area (Å²) in [6.45, 7) is 1.27. The summed E-state index contributed by atoms with van der Waals surface area (Å²) in [4.78, 5) is 21.8. The highest BCUT2D eigenvalue weighted by Gasteiger charge is 2.44. The molecular weight excluding hydrogens is 731 g/mol. The molecule has 10 nitrogen and oxygen atoms in total. The van der Waals surface area contributed by atoms with Gasteiger partial charge in [-0.2, -0.15) is 0 Å². The van der Waals surface area contributed by atoms with Crippen LogP contribution in [0.2, 0.25) is 10.0 Å². The molecule has 0 fully saturated rings. The lowest BCUT2D eigenvalue weighted by atomic mass is 8.39. The van der Waals surface area contributed by atoms with Gasteiger partial charge in [0.1, 0.15) is 0 Å². The summed E-state index contributed by atoms with van der Waals surface area (Å²) in [7, 11) is 65.0. The molecule has 2 aromatic carbocycles. The maximum Gasteiger partial charge on any atom is 0.273 e. The van der Waals surface area contributed by atoms with E-state index >= 15 is 0 Å². The number of imidazole rings is 2. The maximum atomic E-state index is 10.9. The Bertz CT molecular complexity index is 2190. The van der Waals surface area contributed by atoms with Crippen molar-refractivity contribution >= 4 is 199 Å². The lowest BCUT2D eigenvalue weighted by Crippen LogP contribution is -2.80. The quantitative estimate of drug-likeness (QED) is 0.0613. The molecule has 0 saturated heterocycles. The number of aromatic nitrogens is 6. The second-order valence-corrected chi connectivity index (χ2v) is 14.6. The Labute approximate surface area is 361 Å². The van der Waals surface area contributed by atoms with Crippen molar-refractivity contribution in [3.05, 3.63) is 105 Å². The summed E-state index contributed by atoms with van der Waals surface area (Å²) in [6, 6.07) is 10.4. The molecule has 0 saturated carbocycles. The Morgan fingerprint density at radius 1 is 0.772 bits per heavy atom. The molecule has 4 heterocycles. The topological polar surface area (TPSA) is 126 Å². The van der Waals surface area contributed by atoms with Crippen molar-refractivity contribution in [2.24, 2.45) is 7.05 Å². The van der Waals surface area contributed by atoms with E-state index in [1.807, 2.05) is 53.0 Å². The first-order valence-electron chi connectivity index (χ1n) is 17.5. The van der Waals surface area contributed by atoms with Gasteiger partial charge in [-0.1, -0.05) is 23.2 Å². The fraction of sp³-hybridized carbons (Fsp3) is 0.120. The molecule has 0 aliphatic carbocycles. The van der Waals surface area contributed by atoms with Crippen LogP contribution in [0.15, 0.2) is 73.8 Å². The van der Waals surface area contributed by atoms with Crippen LogP contribution in [0, 0.1) is 10.1 Å². The second-order valence-electron chi connectivity index (χ2n) is 13.7. The maximum absolute atomic E-state index is 10.9. The minimum atomic E-state index is -0.889. The van der Waals surface area contributed by atoms with E-state index in [9.17, 15) is 10.1 Å². The SMILES string of the molecule is Cn1cnc(Cn2ccc3c(Cl)cc([N+](=O)[O-])cc32)c1.Nc1cc(Cl)c2ccn(Cc3cnc[nH]3)c2c1.[B]B([B])B([B])B(B(B([B])[B])B([B])[B])B(B([B])[B])B([B])[B]. The predicted octanol–water partition coefficient (Wildman–Crippen LogP) is -1.98. The third kappa shape index (κ3) is 12.0. The van der Waals surface area contributed by atoms with E-state index in [4.69, 9.17) is 114 Å². The minimum Gasteiger partial charge on any atom is -0.399 e. The molecule has 3 N–H and O–H groups in total. The highest BCUT2D eigenvalue weighted by molar-refractivity contribution is 8.19. The van der Waals surface area contributed by atoms with Crippen molar-refractivity contribution in [3.8, 4) is 0 Å². The minimum absolute atomic E-state index is 0.0107. The molecule has 0 bridgehead atoms. The third-order valence-corrected chi connectivity index (χ3v) is 10.1. The number of halogens is 2. The average molecular weight is 754 g/mol. The normalized spacial score (nSPS) is 10.4. The summed E-state index contributed by atoms with van der Waals surface area (Å²) in [5.74, 6) is 0. The van der Waals surface area contributed by atoms with E-state index in [1.54, 1.807) is 24.9 Å². The van der Waals surface area contributed by atoms with Gasteiger partial charge in [0.25, 0.3) is 5.69 Å². The van der Waals surface area contributed by atoms with Gasteiger partial charge in [-0.25, -0.2) is 9.97 Å². The third-order valence-electron chi connectivity index (χ3n) is 9.44. The molecule has 6 aromatic rings. The number of nitro benzene ring substituents is 1. The van der Waals surface area contributed by atoms with Crippen LogP contribution in [0.25, 0.3) is 21.8 Å². The number of nitrogens with one attached hydrogen (secondary N) is 1. The van der Waals surface area contributed by atoms with Crippen molar-refractivity contribution in [3.63, 3.8) is 0 Å². The van der Waals surface area contributed by atoms with Crippen LogP contribution in [-0.2, 0) is 20.1 Å². The van der Waals surface area contributed by atoms with Crippen LogP contribution in [0.1, 0.15) is 11.4 Å². The summed E-state index contributed by atoms with van der Waals surface area (Å²) in [5.41, 5.74) is 10.2. The number of nitrogen functional groups attached to an aromatic ring is 1. The summed E-state index contributed by atoms with van der Waals surface area (Å²) >= 11 is 12.2. The smallest absolute Gasteiger partial charge is 0.273 e. The fourth-order valence-electron chi connectivity index (χ4n) is 6.73. The molecule has 248 valence electrons. The summed E-state index contributed by atoms with van der Waals surface area (Å²) in [6.07, 6.45) is 3.80. The average Bonchev–Trinajstić information content (AvgIpc) is 3.94. The van der Waals surface area contributed by atoms with Crippen LogP contribution >= 0.6 is 23.2 Å². The standard InChI is InChI=1S/C13H11ClN4O2.C12H11ClN4.B20/c1-16-6-9(15-8-16)7-17-3-2-11-12(14)4-10(18(19)20)5-13(11)17;13-11-3-8(14)4-12-10(11)1-2-17(12)6-9-5-15-7-16-9;1-12(2)17(11)20(18(13(3)4)14(5)6)19(15(7)8)16(9)10/h2-6,8H,7H2,1H3;1-5,7H,6,14H2,(H,15,16);. The molecule has 0 aliphatic heterocycles. The van der Waals surface area contributed by atoms with Crippen molar-refractivity contribution in [2.75, 3.05) is 5.73 Å². The first kappa shape index (κ1) is 46.7. The molecule has 0 atom stereocenters. The summed E-state index contributed by atoms with van der Waals surface area (Å²) < 4.78 is 5.85. The first-order valence-corrected chi connectivity index (χ1v) is 18.3. The summed E-state index contributed by atoms with van der Waals surface area (Å²) in [5, 5.41) is 13.8. The Balaban J connectivity index is 0.000000190. The molecular formula is C25H22B20Cl2N8O2. The van der Waals surface area contributed by atoms with Crippen molar-refractivity contribution in [1.82, 2.24) is 28.7 Å². The zero-order valence-electron chi connectivity index (χ0n) is 31.2. The second kappa shape index (κ2) is 20.8. The fourth-order valence-corrected chi connectivity index (χ4v) is 7.29. The van der Waals surface area contributed by atoms with Gasteiger partial charge in [-0.15, -0.1) is 0 Å². The number of rotatable bonds is 13. The van der Waals surface area contributed by atoms with Crippen LogP contribution in [0.5, 0.6) is 0 Å². The van der Waals surface area contributed by atoms with Crippen molar-refractivity contribution in [2.45, 2.75) is 13.1 Å². The van der Waals surface area contributed by atoms with Crippen LogP contribution < -0.4 is 5.73 Å². The number of hydrogen-bond acceptors (Lipinski definition) is 5. The Kier molecular flexibility index (Phi) is 17.1. The van der Waals surface area contributed by atoms with E-state index in [1.165, 1.54) is 12.1 Å². The first-order chi connectivity index (χ1) is 26.8. The molecule has 4 aromatic heterocycles. The number of fused-ring (bicyclic) bond motifs is 2. The van der Waals surface area contributed by atoms with Crippen molar-refractivity contribution in [1.29, 1.82) is 0 Å². The van der Waals surface area contributed by atoms with Gasteiger partial charge in [0.15, 0.2) is 0 Å². The highest BCUT2D eigenvalue weighted by Crippen LogP contribution is 2.30. The molecule has 22 radical (unpaired) electrons. The number of nitro groups is 1. The Hall–Kier alpha value is -2.98. The van der Waals surface area contributed by atoms with E-state index in [2.05, 4.69) is 19.5 Å². The van der Waals surface area contributed by atoms with Crippen LogP contribution in [-0.4, -0.2) is 176 Å². The van der Waals surface area contributed by atoms with Gasteiger partial charge in [0.05, 0.1) is 63.1 Å². The van der Waals surface area contributed by atoms with Crippen LogP contribution in [0.3, 0.4) is 0 Å². The van der Waals surface area contributed by atoms with Gasteiger partial charge in [-0.3, -0.25) is 10.1 Å². The molecule has 57 heavy (non-hydrogen) atoms. The zero-order valence-corrected chi connectivity index (χ0v) is 32.7. The van der Waals surface area contributed by atoms with Crippen molar-refractivity contribution < 1.29 is 4.92 Å². The Morgan fingerprint density at radius 3 is 1.75 bits per heavy atom. The highest BCUT2D eigenvalue weighted by atomic mass is 35.5. The molecule has 0 amide bonds. The van der Waals surface area contributed by atoms with Gasteiger partial charge >= 0.3 is 0 Å². The largest absolute Gasteiger partial charge is 0.399 e. The number of anilines is 1. The van der Waals surface area contributed by atoms with E-state index in [-0.39, 0.29) is 5.69 Å². The van der Waals surface area contributed by atoms with Gasteiger partial charge in [0, 0.05) is 203 Å². The van der Waals surface area contributed by atoms with E-state index in [0.717, 1.165) is 39.7 Å². The lowest BCUT2D eigenvalue weighted by Gasteiger charge is -2.42. The number of aromatic amines is 1. The number of hydrogen-bond donors (Lipinski definition) is 2. The van der Waals surface area contributed by atoms with Gasteiger partial charge < -0.3 is 24.4 Å². The monoisotopic (exact) mass is 756 g/mol. The zero-order chi connectivity index (χ0) is 42.3. The van der Waals surface area contributed by atoms with E-state index < -0.39 is 62.4 Å². The lowest BCUT2D eigenvalue weighted by molar-refractivity contribution is -0.384. The molecule has 0 aliphatic rings. The molecule has 6 rings (SSSR count). The van der Waals surface area contributed by atoms with Gasteiger partial charge in [-0.05, 0) is 24.3 Å². The number of nitrogens with zero attached hydrogens (tertiary/aromatic N) is 6. The van der Waals surface area contributed by atoms with Crippen LogP contribution in [0.4, 0.5) is 11.4 Å². The number of nitrogens with two attached hydrogens (primary N) is 1. The molecule has 0 spiro atoms. The Morgan fingerprint density at radius 2 is 1.30 bits per heavy atom. The molecule has 0 unspecified atom stereocenters. The number of benzene rings is 2. The van der Waals surface area contributed by atoms with Gasteiger partial charge in [0.2, 0.25) is 0 Å². The number of H-pyrrole nitrogens is 1. The predicted molar refractivity (Wildman–Crippen MR) is 260 cm³/mol.